The molecule has 0 fully saturated rings. The molecule has 0 aromatic heterocycles. The van der Waals surface area contributed by atoms with Gasteiger partial charge >= 0.3 is 0 Å². The number of hydrazine groups is 1. The van der Waals surface area contributed by atoms with Gasteiger partial charge in [0.25, 0.3) is 5.91 Å². The molecule has 0 aliphatic carbocycles. The Morgan fingerprint density at radius 1 is 0.966 bits per heavy atom. The summed E-state index contributed by atoms with van der Waals surface area (Å²) in [5, 5.41) is 0. The van der Waals surface area contributed by atoms with Crippen molar-refractivity contribution in [3.63, 3.8) is 0 Å². The van der Waals surface area contributed by atoms with E-state index in [1.54, 1.807) is 0 Å². The summed E-state index contributed by atoms with van der Waals surface area (Å²) in [6.45, 7) is 0.535. The third kappa shape index (κ3) is 5.42. The van der Waals surface area contributed by atoms with Gasteiger partial charge in [-0.3, -0.25) is 20.4 Å². The van der Waals surface area contributed by atoms with Crippen molar-refractivity contribution in [3.8, 4) is 11.5 Å². The van der Waals surface area contributed by atoms with E-state index in [1.807, 2.05) is 0 Å². The van der Waals surface area contributed by atoms with Crippen LogP contribution >= 0.6 is 0 Å². The summed E-state index contributed by atoms with van der Waals surface area (Å²) < 4.78 is 50.5. The molecule has 0 saturated heterocycles. The average molecular weight is 423 g/mol. The van der Waals surface area contributed by atoms with Crippen molar-refractivity contribution in [1.29, 1.82) is 0 Å². The Morgan fingerprint density at radius 3 is 2.38 bits per heavy atom. The number of carbonyl (C=O) groups is 2. The van der Waals surface area contributed by atoms with Gasteiger partial charge < -0.3 is 9.47 Å². The Balaban J connectivity index is 1.46. The zero-order valence-corrected chi connectivity index (χ0v) is 15.9. The van der Waals surface area contributed by atoms with Gasteiger partial charge in [0, 0.05) is 24.6 Å². The minimum absolute atomic E-state index is 0.0215. The first-order valence-electron chi connectivity index (χ1n) is 8.59. The lowest BCUT2D eigenvalue weighted by Crippen LogP contribution is -2.42. The number of halogens is 1. The van der Waals surface area contributed by atoms with Crippen molar-refractivity contribution < 1.29 is 31.9 Å². The number of nitrogens with one attached hydrogen (secondary N) is 3. The zero-order chi connectivity index (χ0) is 20.9. The fourth-order valence-corrected chi connectivity index (χ4v) is 3.48. The van der Waals surface area contributed by atoms with E-state index in [0.29, 0.717) is 24.7 Å². The zero-order valence-electron chi connectivity index (χ0n) is 15.1. The Bertz CT molecular complexity index is 1010. The Kier molecular flexibility index (Phi) is 6.29. The number of sulfonamides is 1. The van der Waals surface area contributed by atoms with Gasteiger partial charge in [0.15, 0.2) is 11.5 Å². The fourth-order valence-electron chi connectivity index (χ4n) is 2.44. The van der Waals surface area contributed by atoms with Gasteiger partial charge in [-0.25, -0.2) is 17.5 Å². The van der Waals surface area contributed by atoms with Crippen LogP contribution in [0, 0.1) is 5.82 Å². The van der Waals surface area contributed by atoms with Crippen LogP contribution < -0.4 is 25.0 Å². The number of hydrogen-bond donors (Lipinski definition) is 3. The monoisotopic (exact) mass is 423 g/mol. The SMILES string of the molecule is O=C(CCNS(=O)(=O)c1ccc2c(c1)OCCO2)NNC(=O)c1ccc(F)cc1. The molecule has 0 spiro atoms. The summed E-state index contributed by atoms with van der Waals surface area (Å²) in [4.78, 5) is 23.6. The van der Waals surface area contributed by atoms with Crippen LogP contribution in [0.15, 0.2) is 47.4 Å². The molecule has 154 valence electrons. The maximum atomic E-state index is 12.8. The third-order valence-corrected chi connectivity index (χ3v) is 5.35. The molecule has 2 aromatic rings. The van der Waals surface area contributed by atoms with E-state index in [1.165, 1.54) is 30.3 Å². The molecule has 1 aliphatic rings. The molecule has 1 heterocycles. The highest BCUT2D eigenvalue weighted by atomic mass is 32.2. The predicted molar refractivity (Wildman–Crippen MR) is 99.2 cm³/mol. The van der Waals surface area contributed by atoms with Gasteiger partial charge in [0.1, 0.15) is 19.0 Å². The molecule has 9 nitrogen and oxygen atoms in total. The van der Waals surface area contributed by atoms with E-state index in [-0.39, 0.29) is 23.4 Å². The molecule has 0 saturated carbocycles. The van der Waals surface area contributed by atoms with Gasteiger partial charge in [0.05, 0.1) is 4.90 Å². The van der Waals surface area contributed by atoms with Gasteiger partial charge in [-0.1, -0.05) is 0 Å². The van der Waals surface area contributed by atoms with Gasteiger partial charge in [-0.2, -0.15) is 0 Å². The molecule has 0 radical (unpaired) electrons. The molecular formula is C18H18FN3O6S. The normalized spacial score (nSPS) is 12.9. The molecule has 2 aromatic carbocycles. The van der Waals surface area contributed by atoms with Crippen molar-refractivity contribution >= 4 is 21.8 Å². The molecule has 0 unspecified atom stereocenters. The molecule has 29 heavy (non-hydrogen) atoms. The minimum Gasteiger partial charge on any atom is -0.486 e. The predicted octanol–water partition coefficient (Wildman–Crippen LogP) is 0.727. The largest absolute Gasteiger partial charge is 0.486 e. The van der Waals surface area contributed by atoms with Crippen LogP contribution in [-0.2, 0) is 14.8 Å². The highest BCUT2D eigenvalue weighted by Gasteiger charge is 2.19. The molecular weight excluding hydrogens is 405 g/mol. The van der Waals surface area contributed by atoms with Gasteiger partial charge in [-0.15, -0.1) is 0 Å². The fraction of sp³-hybridized carbons (Fsp3) is 0.222. The number of rotatable bonds is 6. The lowest BCUT2D eigenvalue weighted by molar-refractivity contribution is -0.121. The summed E-state index contributed by atoms with van der Waals surface area (Å²) in [5.41, 5.74) is 4.48. The van der Waals surface area contributed by atoms with Crippen molar-refractivity contribution in [1.82, 2.24) is 15.6 Å². The van der Waals surface area contributed by atoms with E-state index < -0.39 is 27.7 Å². The maximum Gasteiger partial charge on any atom is 0.269 e. The number of benzene rings is 2. The van der Waals surface area contributed by atoms with E-state index >= 15 is 0 Å². The summed E-state index contributed by atoms with van der Waals surface area (Å²) in [6, 6.07) is 8.97. The first-order chi connectivity index (χ1) is 13.8. The van der Waals surface area contributed by atoms with Crippen LogP contribution in [0.1, 0.15) is 16.8 Å². The number of amides is 2. The van der Waals surface area contributed by atoms with Crippen LogP contribution in [-0.4, -0.2) is 40.0 Å². The highest BCUT2D eigenvalue weighted by Crippen LogP contribution is 2.32. The van der Waals surface area contributed by atoms with Gasteiger partial charge in [-0.05, 0) is 36.4 Å². The van der Waals surface area contributed by atoms with E-state index in [9.17, 15) is 22.4 Å². The molecule has 1 aliphatic heterocycles. The van der Waals surface area contributed by atoms with E-state index in [2.05, 4.69) is 15.6 Å². The van der Waals surface area contributed by atoms with Crippen LogP contribution in [0.25, 0.3) is 0 Å². The smallest absolute Gasteiger partial charge is 0.269 e. The van der Waals surface area contributed by atoms with Crippen molar-refractivity contribution in [2.45, 2.75) is 11.3 Å². The minimum atomic E-state index is -3.86. The standard InChI is InChI=1S/C18H18FN3O6S/c19-13-3-1-12(2-4-13)18(24)22-21-17(23)7-8-20-29(25,26)14-5-6-15-16(11-14)28-10-9-27-15/h1-6,11,20H,7-10H2,(H,21,23)(H,22,24). The van der Waals surface area contributed by atoms with Crippen molar-refractivity contribution in [2.75, 3.05) is 19.8 Å². The van der Waals surface area contributed by atoms with Crippen LogP contribution in [0.3, 0.4) is 0 Å². The van der Waals surface area contributed by atoms with Crippen molar-refractivity contribution in [3.05, 3.63) is 53.8 Å². The number of fused-ring (bicyclic) bond motifs is 1. The topological polar surface area (TPSA) is 123 Å². The number of carbonyl (C=O) groups excluding carboxylic acids is 2. The lowest BCUT2D eigenvalue weighted by Gasteiger charge is -2.18. The summed E-state index contributed by atoms with van der Waals surface area (Å²) in [7, 11) is -3.86. The Labute approximate surface area is 166 Å². The second-order valence-electron chi connectivity index (χ2n) is 5.96. The van der Waals surface area contributed by atoms with Crippen LogP contribution in [0.5, 0.6) is 11.5 Å². The second kappa shape index (κ2) is 8.88. The molecule has 0 atom stereocenters. The summed E-state index contributed by atoms with van der Waals surface area (Å²) in [6.07, 6.45) is -0.215. The quantitative estimate of drug-likeness (QED) is 0.589. The molecule has 11 heteroatoms. The number of hydrogen-bond acceptors (Lipinski definition) is 6. The van der Waals surface area contributed by atoms with Crippen molar-refractivity contribution in [2.24, 2.45) is 0 Å². The van der Waals surface area contributed by atoms with E-state index in [4.69, 9.17) is 9.47 Å². The van der Waals surface area contributed by atoms with E-state index in [0.717, 1.165) is 12.1 Å². The lowest BCUT2D eigenvalue weighted by atomic mass is 10.2. The summed E-state index contributed by atoms with van der Waals surface area (Å²) in [5.74, 6) is -0.928. The average Bonchev–Trinajstić information content (AvgIpc) is 2.72. The third-order valence-electron chi connectivity index (χ3n) is 3.89. The highest BCUT2D eigenvalue weighted by molar-refractivity contribution is 7.89. The Morgan fingerprint density at radius 2 is 1.66 bits per heavy atom. The molecule has 3 rings (SSSR count). The second-order valence-corrected chi connectivity index (χ2v) is 7.73. The molecule has 2 amide bonds. The summed E-state index contributed by atoms with van der Waals surface area (Å²) >= 11 is 0. The molecule has 0 bridgehead atoms. The maximum absolute atomic E-state index is 12.8. The number of ether oxygens (including phenoxy) is 2. The Hall–Kier alpha value is -3.18. The van der Waals surface area contributed by atoms with Gasteiger partial charge in [0.2, 0.25) is 15.9 Å². The first-order valence-corrected chi connectivity index (χ1v) is 10.1. The molecule has 3 N–H and O–H groups in total. The van der Waals surface area contributed by atoms with Crippen LogP contribution in [0.4, 0.5) is 4.39 Å². The van der Waals surface area contributed by atoms with Crippen LogP contribution in [0.2, 0.25) is 0 Å². The first kappa shape index (κ1) is 20.6.